The Bertz CT molecular complexity index is 624. The van der Waals surface area contributed by atoms with Crippen molar-refractivity contribution in [1.29, 1.82) is 0 Å². The minimum Gasteiger partial charge on any atom is -0.378 e. The average Bonchev–Trinajstić information content (AvgIpc) is 2.95. The van der Waals surface area contributed by atoms with E-state index in [0.717, 1.165) is 11.4 Å². The third kappa shape index (κ3) is 3.80. The molecule has 0 saturated carbocycles. The lowest BCUT2D eigenvalue weighted by Crippen LogP contribution is -2.15. The van der Waals surface area contributed by atoms with Crippen molar-refractivity contribution in [3.05, 3.63) is 40.9 Å². The Kier molecular flexibility index (Phi) is 4.93. The number of rotatable bonds is 5. The van der Waals surface area contributed by atoms with E-state index in [1.165, 1.54) is 11.3 Å². The van der Waals surface area contributed by atoms with Crippen LogP contribution in [0.2, 0.25) is 0 Å². The second-order valence-electron chi connectivity index (χ2n) is 4.99. The Balaban J connectivity index is 2.11. The van der Waals surface area contributed by atoms with Crippen LogP contribution in [0, 0.1) is 0 Å². The number of hydrogen-bond donors (Lipinski definition) is 2. The van der Waals surface area contributed by atoms with Gasteiger partial charge in [0.15, 0.2) is 5.13 Å². The molecule has 1 unspecified atom stereocenters. The molecule has 0 saturated heterocycles. The van der Waals surface area contributed by atoms with Gasteiger partial charge in [0.05, 0.1) is 5.69 Å². The standard InChI is InChI=1S/C15H20N4OS/c1-10(16-2)13-9-21-15(17-13)18-14(20)11-6-5-7-12(8-11)19(3)4/h5-10,16H,1-4H3,(H,17,18,20). The van der Waals surface area contributed by atoms with Crippen LogP contribution < -0.4 is 15.5 Å². The molecule has 112 valence electrons. The number of aromatic nitrogens is 1. The van der Waals surface area contributed by atoms with Gasteiger partial charge in [0, 0.05) is 36.8 Å². The fourth-order valence-corrected chi connectivity index (χ4v) is 2.58. The second kappa shape index (κ2) is 6.69. The molecule has 0 bridgehead atoms. The molecule has 1 aromatic heterocycles. The summed E-state index contributed by atoms with van der Waals surface area (Å²) in [4.78, 5) is 18.6. The second-order valence-corrected chi connectivity index (χ2v) is 5.84. The number of hydrogen-bond acceptors (Lipinski definition) is 5. The first kappa shape index (κ1) is 15.5. The highest BCUT2D eigenvalue weighted by Gasteiger charge is 2.12. The molecule has 5 nitrogen and oxygen atoms in total. The van der Waals surface area contributed by atoms with E-state index < -0.39 is 0 Å². The predicted octanol–water partition coefficient (Wildman–Crippen LogP) is 2.74. The summed E-state index contributed by atoms with van der Waals surface area (Å²) >= 11 is 1.43. The number of thiazole rings is 1. The number of carbonyl (C=O) groups excluding carboxylic acids is 1. The first-order chi connectivity index (χ1) is 10.0. The lowest BCUT2D eigenvalue weighted by molar-refractivity contribution is 0.102. The monoisotopic (exact) mass is 304 g/mol. The van der Waals surface area contributed by atoms with Gasteiger partial charge < -0.3 is 10.2 Å². The normalized spacial score (nSPS) is 12.0. The highest BCUT2D eigenvalue weighted by atomic mass is 32.1. The van der Waals surface area contributed by atoms with Gasteiger partial charge in [-0.1, -0.05) is 6.07 Å². The first-order valence-electron chi connectivity index (χ1n) is 6.72. The molecule has 0 aliphatic heterocycles. The lowest BCUT2D eigenvalue weighted by Gasteiger charge is -2.13. The molecule has 0 aliphatic carbocycles. The summed E-state index contributed by atoms with van der Waals surface area (Å²) in [6.07, 6.45) is 0. The molecule has 0 fully saturated rings. The first-order valence-corrected chi connectivity index (χ1v) is 7.60. The van der Waals surface area contributed by atoms with Crippen LogP contribution in [-0.2, 0) is 0 Å². The van der Waals surface area contributed by atoms with Crippen LogP contribution in [0.15, 0.2) is 29.6 Å². The van der Waals surface area contributed by atoms with E-state index in [1.807, 2.05) is 56.5 Å². The molecule has 2 N–H and O–H groups in total. The van der Waals surface area contributed by atoms with E-state index in [0.29, 0.717) is 10.7 Å². The van der Waals surface area contributed by atoms with Gasteiger partial charge in [-0.3, -0.25) is 10.1 Å². The molecule has 2 aromatic rings. The van der Waals surface area contributed by atoms with Crippen molar-refractivity contribution in [1.82, 2.24) is 10.3 Å². The van der Waals surface area contributed by atoms with E-state index >= 15 is 0 Å². The van der Waals surface area contributed by atoms with E-state index in [2.05, 4.69) is 15.6 Å². The molecule has 1 aromatic carbocycles. The smallest absolute Gasteiger partial charge is 0.257 e. The molecule has 0 radical (unpaired) electrons. The Labute approximate surface area is 129 Å². The number of anilines is 2. The average molecular weight is 304 g/mol. The van der Waals surface area contributed by atoms with Crippen LogP contribution >= 0.6 is 11.3 Å². The lowest BCUT2D eigenvalue weighted by atomic mass is 10.2. The zero-order valence-electron chi connectivity index (χ0n) is 12.7. The summed E-state index contributed by atoms with van der Waals surface area (Å²) in [6.45, 7) is 2.03. The highest BCUT2D eigenvalue weighted by Crippen LogP contribution is 2.21. The Morgan fingerprint density at radius 1 is 1.38 bits per heavy atom. The topological polar surface area (TPSA) is 57.3 Å². The van der Waals surface area contributed by atoms with Crippen molar-refractivity contribution in [2.45, 2.75) is 13.0 Å². The van der Waals surface area contributed by atoms with Gasteiger partial charge in [-0.2, -0.15) is 0 Å². The summed E-state index contributed by atoms with van der Waals surface area (Å²) in [5.74, 6) is -0.142. The maximum Gasteiger partial charge on any atom is 0.257 e. The van der Waals surface area contributed by atoms with Crippen molar-refractivity contribution >= 4 is 28.1 Å². The Morgan fingerprint density at radius 3 is 2.81 bits per heavy atom. The number of benzene rings is 1. The van der Waals surface area contributed by atoms with Gasteiger partial charge in [0.2, 0.25) is 0 Å². The molecule has 21 heavy (non-hydrogen) atoms. The fraction of sp³-hybridized carbons (Fsp3) is 0.333. The van der Waals surface area contributed by atoms with Crippen molar-refractivity contribution in [3.63, 3.8) is 0 Å². The SMILES string of the molecule is CNC(C)c1csc(NC(=O)c2cccc(N(C)C)c2)n1. The maximum atomic E-state index is 12.3. The van der Waals surface area contributed by atoms with E-state index in [9.17, 15) is 4.79 Å². The number of nitrogens with one attached hydrogen (secondary N) is 2. The van der Waals surface area contributed by atoms with Gasteiger partial charge in [-0.15, -0.1) is 11.3 Å². The Morgan fingerprint density at radius 2 is 2.14 bits per heavy atom. The van der Waals surface area contributed by atoms with Crippen molar-refractivity contribution < 1.29 is 4.79 Å². The summed E-state index contributed by atoms with van der Waals surface area (Å²) in [7, 11) is 5.78. The van der Waals surface area contributed by atoms with Crippen molar-refractivity contribution in [2.75, 3.05) is 31.4 Å². The summed E-state index contributed by atoms with van der Waals surface area (Å²) in [6, 6.07) is 7.67. The molecular weight excluding hydrogens is 284 g/mol. The van der Waals surface area contributed by atoms with Gasteiger partial charge in [0.25, 0.3) is 5.91 Å². The van der Waals surface area contributed by atoms with Gasteiger partial charge >= 0.3 is 0 Å². The van der Waals surface area contributed by atoms with Crippen LogP contribution in [0.4, 0.5) is 10.8 Å². The zero-order chi connectivity index (χ0) is 15.4. The molecule has 1 heterocycles. The molecule has 1 atom stereocenters. The summed E-state index contributed by atoms with van der Waals surface area (Å²) in [5.41, 5.74) is 2.55. The predicted molar refractivity (Wildman–Crippen MR) is 88.3 cm³/mol. The summed E-state index contributed by atoms with van der Waals surface area (Å²) in [5, 5.41) is 8.54. The van der Waals surface area contributed by atoms with E-state index in [4.69, 9.17) is 0 Å². The molecule has 1 amide bonds. The van der Waals surface area contributed by atoms with E-state index in [-0.39, 0.29) is 11.9 Å². The molecule has 0 spiro atoms. The molecule has 0 aliphatic rings. The van der Waals surface area contributed by atoms with Gasteiger partial charge in [-0.05, 0) is 32.2 Å². The largest absolute Gasteiger partial charge is 0.378 e. The number of nitrogens with zero attached hydrogens (tertiary/aromatic N) is 2. The third-order valence-electron chi connectivity index (χ3n) is 3.24. The minimum atomic E-state index is -0.142. The van der Waals surface area contributed by atoms with Crippen LogP contribution in [0.5, 0.6) is 0 Å². The molecule has 2 rings (SSSR count). The molecule has 6 heteroatoms. The van der Waals surface area contributed by atoms with Crippen molar-refractivity contribution in [2.24, 2.45) is 0 Å². The highest BCUT2D eigenvalue weighted by molar-refractivity contribution is 7.14. The minimum absolute atomic E-state index is 0.142. The Hall–Kier alpha value is -1.92. The zero-order valence-corrected chi connectivity index (χ0v) is 13.5. The van der Waals surface area contributed by atoms with Crippen LogP contribution in [-0.4, -0.2) is 32.0 Å². The van der Waals surface area contributed by atoms with Crippen LogP contribution in [0.25, 0.3) is 0 Å². The van der Waals surface area contributed by atoms with Crippen LogP contribution in [0.3, 0.4) is 0 Å². The van der Waals surface area contributed by atoms with E-state index in [1.54, 1.807) is 6.07 Å². The van der Waals surface area contributed by atoms with Crippen LogP contribution in [0.1, 0.15) is 29.0 Å². The van der Waals surface area contributed by atoms with Gasteiger partial charge in [-0.25, -0.2) is 4.98 Å². The van der Waals surface area contributed by atoms with Crippen molar-refractivity contribution in [3.8, 4) is 0 Å². The van der Waals surface area contributed by atoms with Gasteiger partial charge in [0.1, 0.15) is 0 Å². The molecular formula is C15H20N4OS. The number of amides is 1. The number of carbonyl (C=O) groups is 1. The third-order valence-corrected chi connectivity index (χ3v) is 4.02. The maximum absolute atomic E-state index is 12.3. The fourth-order valence-electron chi connectivity index (χ4n) is 1.78. The summed E-state index contributed by atoms with van der Waals surface area (Å²) < 4.78 is 0. The quantitative estimate of drug-likeness (QED) is 0.892.